The van der Waals surface area contributed by atoms with E-state index >= 15 is 0 Å². The van der Waals surface area contributed by atoms with E-state index < -0.39 is 0 Å². The zero-order valence-electron chi connectivity index (χ0n) is 12.4. The van der Waals surface area contributed by atoms with Gasteiger partial charge in [-0.15, -0.1) is 0 Å². The molecule has 6 nitrogen and oxygen atoms in total. The lowest BCUT2D eigenvalue weighted by molar-refractivity contribution is -0.129. The second kappa shape index (κ2) is 6.01. The van der Waals surface area contributed by atoms with Gasteiger partial charge in [-0.25, -0.2) is 4.98 Å². The van der Waals surface area contributed by atoms with Crippen LogP contribution in [0.2, 0.25) is 0 Å². The molecule has 3 rings (SSSR count). The molecule has 6 heteroatoms. The summed E-state index contributed by atoms with van der Waals surface area (Å²) < 4.78 is 1.97. The van der Waals surface area contributed by atoms with Gasteiger partial charge in [0, 0.05) is 43.4 Å². The van der Waals surface area contributed by atoms with Gasteiger partial charge >= 0.3 is 0 Å². The Morgan fingerprint density at radius 1 is 1.18 bits per heavy atom. The summed E-state index contributed by atoms with van der Waals surface area (Å²) in [6.45, 7) is 3.16. The average Bonchev–Trinajstić information content (AvgIpc) is 3.12. The summed E-state index contributed by atoms with van der Waals surface area (Å²) in [4.78, 5) is 22.0. The van der Waals surface area contributed by atoms with Gasteiger partial charge in [-0.3, -0.25) is 9.78 Å². The predicted molar refractivity (Wildman–Crippen MR) is 80.9 cm³/mol. The van der Waals surface area contributed by atoms with Crippen LogP contribution in [0.25, 0.3) is 0 Å². The van der Waals surface area contributed by atoms with Crippen molar-refractivity contribution in [3.05, 3.63) is 60.1 Å². The van der Waals surface area contributed by atoms with Crippen LogP contribution in [0.1, 0.15) is 24.9 Å². The molecule has 1 aliphatic rings. The van der Waals surface area contributed by atoms with Gasteiger partial charge in [-0.1, -0.05) is 0 Å². The summed E-state index contributed by atoms with van der Waals surface area (Å²) >= 11 is 0. The van der Waals surface area contributed by atoms with Crippen LogP contribution >= 0.6 is 0 Å². The van der Waals surface area contributed by atoms with Crippen molar-refractivity contribution < 1.29 is 9.90 Å². The van der Waals surface area contributed by atoms with Crippen molar-refractivity contribution in [1.82, 2.24) is 19.4 Å². The van der Waals surface area contributed by atoms with Crippen LogP contribution in [-0.2, 0) is 11.3 Å². The van der Waals surface area contributed by atoms with Crippen LogP contribution in [0.3, 0.4) is 0 Å². The van der Waals surface area contributed by atoms with Crippen molar-refractivity contribution in [3.8, 4) is 0 Å². The van der Waals surface area contributed by atoms with Gasteiger partial charge in [0.2, 0.25) is 0 Å². The van der Waals surface area contributed by atoms with Crippen LogP contribution < -0.4 is 0 Å². The summed E-state index contributed by atoms with van der Waals surface area (Å²) in [5, 5.41) is 10.0. The highest BCUT2D eigenvalue weighted by Crippen LogP contribution is 2.36. The molecule has 114 valence electrons. The molecule has 0 aliphatic carbocycles. The molecule has 0 fully saturated rings. The third-order valence-electron chi connectivity index (χ3n) is 3.96. The molecule has 0 radical (unpaired) electrons. The minimum Gasteiger partial charge on any atom is -0.503 e. The van der Waals surface area contributed by atoms with Crippen LogP contribution in [0.5, 0.6) is 0 Å². The lowest BCUT2D eigenvalue weighted by Gasteiger charge is -2.26. The molecule has 1 aliphatic heterocycles. The number of imidazole rings is 1. The van der Waals surface area contributed by atoms with Crippen LogP contribution in [-0.4, -0.2) is 37.0 Å². The number of hydrogen-bond acceptors (Lipinski definition) is 4. The maximum absolute atomic E-state index is 12.3. The number of rotatable bonds is 5. The molecule has 2 aromatic heterocycles. The summed E-state index contributed by atoms with van der Waals surface area (Å²) in [6.07, 6.45) is 9.58. The standard InChI is InChI=1S/C16H18N4O2/c1-12-14(13-3-5-17-6-4-13)20(16(22)15(12)21)9-2-8-19-10-7-18-11-19/h3-7,10-11,14,21H,2,8-9H2,1H3. The fourth-order valence-corrected chi connectivity index (χ4v) is 2.83. The second-order valence-corrected chi connectivity index (χ2v) is 5.37. The molecule has 0 bridgehead atoms. The zero-order valence-corrected chi connectivity index (χ0v) is 12.4. The minimum atomic E-state index is -0.301. The molecule has 0 saturated heterocycles. The molecule has 0 spiro atoms. The topological polar surface area (TPSA) is 71.2 Å². The Labute approximate surface area is 128 Å². The average molecular weight is 298 g/mol. The van der Waals surface area contributed by atoms with E-state index in [1.54, 1.807) is 36.7 Å². The largest absolute Gasteiger partial charge is 0.503 e. The highest BCUT2D eigenvalue weighted by atomic mass is 16.3. The van der Waals surface area contributed by atoms with E-state index in [2.05, 4.69) is 9.97 Å². The van der Waals surface area contributed by atoms with Crippen molar-refractivity contribution in [1.29, 1.82) is 0 Å². The number of amides is 1. The number of carbonyl (C=O) groups excluding carboxylic acids is 1. The van der Waals surface area contributed by atoms with Crippen LogP contribution in [0.15, 0.2) is 54.6 Å². The molecule has 1 amide bonds. The molecule has 3 heterocycles. The molecular formula is C16H18N4O2. The Balaban J connectivity index is 1.75. The molecule has 1 atom stereocenters. The first kappa shape index (κ1) is 14.3. The molecule has 0 saturated carbocycles. The summed E-state index contributed by atoms with van der Waals surface area (Å²) in [5.41, 5.74) is 1.66. The van der Waals surface area contributed by atoms with Gasteiger partial charge in [0.05, 0.1) is 12.4 Å². The fourth-order valence-electron chi connectivity index (χ4n) is 2.83. The summed E-state index contributed by atoms with van der Waals surface area (Å²) in [6, 6.07) is 3.55. The Hall–Kier alpha value is -2.63. The normalized spacial score (nSPS) is 18.3. The monoisotopic (exact) mass is 298 g/mol. The van der Waals surface area contributed by atoms with Crippen molar-refractivity contribution >= 4 is 5.91 Å². The third-order valence-corrected chi connectivity index (χ3v) is 3.96. The zero-order chi connectivity index (χ0) is 15.5. The van der Waals surface area contributed by atoms with Gasteiger partial charge in [0.15, 0.2) is 5.76 Å². The number of pyridine rings is 1. The van der Waals surface area contributed by atoms with Crippen LogP contribution in [0.4, 0.5) is 0 Å². The van der Waals surface area contributed by atoms with Crippen molar-refractivity contribution in [2.45, 2.75) is 25.9 Å². The number of hydrogen-bond donors (Lipinski definition) is 1. The maximum Gasteiger partial charge on any atom is 0.289 e. The first-order chi connectivity index (χ1) is 10.7. The number of carbonyl (C=O) groups is 1. The number of nitrogens with zero attached hydrogens (tertiary/aromatic N) is 4. The fraction of sp³-hybridized carbons (Fsp3) is 0.312. The Morgan fingerprint density at radius 3 is 2.64 bits per heavy atom. The number of aromatic nitrogens is 3. The van der Waals surface area contributed by atoms with E-state index in [0.29, 0.717) is 12.1 Å². The van der Waals surface area contributed by atoms with Crippen LogP contribution in [0, 0.1) is 0 Å². The van der Waals surface area contributed by atoms with E-state index in [1.165, 1.54) is 0 Å². The lowest BCUT2D eigenvalue weighted by atomic mass is 10.0. The maximum atomic E-state index is 12.3. The Morgan fingerprint density at radius 2 is 1.95 bits per heavy atom. The lowest BCUT2D eigenvalue weighted by Crippen LogP contribution is -2.31. The Bertz CT molecular complexity index is 679. The summed E-state index contributed by atoms with van der Waals surface area (Å²) in [5.74, 6) is -0.436. The smallest absolute Gasteiger partial charge is 0.289 e. The van der Waals surface area contributed by atoms with E-state index in [9.17, 15) is 9.90 Å². The van der Waals surface area contributed by atoms with Gasteiger partial charge in [-0.2, -0.15) is 0 Å². The molecule has 1 N–H and O–H groups in total. The molecule has 2 aromatic rings. The van der Waals surface area contributed by atoms with Crippen molar-refractivity contribution in [2.75, 3.05) is 6.54 Å². The van der Waals surface area contributed by atoms with E-state index in [-0.39, 0.29) is 17.7 Å². The van der Waals surface area contributed by atoms with Crippen molar-refractivity contribution in [3.63, 3.8) is 0 Å². The highest BCUT2D eigenvalue weighted by Gasteiger charge is 2.37. The number of aryl methyl sites for hydroxylation is 1. The van der Waals surface area contributed by atoms with Gasteiger partial charge in [0.1, 0.15) is 0 Å². The second-order valence-electron chi connectivity index (χ2n) is 5.37. The highest BCUT2D eigenvalue weighted by molar-refractivity contribution is 5.95. The molecule has 22 heavy (non-hydrogen) atoms. The number of aliphatic hydroxyl groups is 1. The summed E-state index contributed by atoms with van der Waals surface area (Å²) in [7, 11) is 0. The van der Waals surface area contributed by atoms with Gasteiger partial charge < -0.3 is 14.6 Å². The third kappa shape index (κ3) is 2.59. The molecule has 0 aromatic carbocycles. The van der Waals surface area contributed by atoms with Gasteiger partial charge in [0.25, 0.3) is 5.91 Å². The predicted octanol–water partition coefficient (Wildman–Crippen LogP) is 2.08. The first-order valence-electron chi connectivity index (χ1n) is 7.25. The quantitative estimate of drug-likeness (QED) is 0.917. The van der Waals surface area contributed by atoms with Crippen molar-refractivity contribution in [2.24, 2.45) is 0 Å². The molecular weight excluding hydrogens is 280 g/mol. The number of aliphatic hydroxyl groups excluding tert-OH is 1. The molecule has 1 unspecified atom stereocenters. The van der Waals surface area contributed by atoms with E-state index in [4.69, 9.17) is 0 Å². The van der Waals surface area contributed by atoms with E-state index in [0.717, 1.165) is 18.5 Å². The Kier molecular flexibility index (Phi) is 3.91. The van der Waals surface area contributed by atoms with Gasteiger partial charge in [-0.05, 0) is 31.0 Å². The minimum absolute atomic E-state index is 0.135. The first-order valence-corrected chi connectivity index (χ1v) is 7.25. The van der Waals surface area contributed by atoms with E-state index in [1.807, 2.05) is 22.9 Å². The SMILES string of the molecule is CC1=C(O)C(=O)N(CCCn2ccnc2)C1c1ccncc1.